The third-order valence-corrected chi connectivity index (χ3v) is 5.98. The number of aryl methyl sites for hydroxylation is 1. The molecule has 1 saturated carbocycles. The Labute approximate surface area is 114 Å². The summed E-state index contributed by atoms with van der Waals surface area (Å²) in [6, 6.07) is 9.73. The van der Waals surface area contributed by atoms with Crippen molar-refractivity contribution in [3.8, 4) is 0 Å². The van der Waals surface area contributed by atoms with E-state index < -0.39 is 10.0 Å². The van der Waals surface area contributed by atoms with E-state index >= 15 is 0 Å². The normalized spacial score (nSPS) is 23.0. The van der Waals surface area contributed by atoms with Gasteiger partial charge in [0.1, 0.15) is 0 Å². The number of hydrogen-bond acceptors (Lipinski definition) is 3. The van der Waals surface area contributed by atoms with Crippen LogP contribution in [0.15, 0.2) is 30.3 Å². The minimum Gasteiger partial charge on any atom is -0.323 e. The van der Waals surface area contributed by atoms with E-state index in [0.29, 0.717) is 25.4 Å². The van der Waals surface area contributed by atoms with Crippen LogP contribution in [0.4, 0.5) is 0 Å². The Hall–Kier alpha value is -0.910. The van der Waals surface area contributed by atoms with Gasteiger partial charge < -0.3 is 5.73 Å². The average Bonchev–Trinajstić information content (AvgIpc) is 3.18. The predicted octanol–water partition coefficient (Wildman–Crippen LogP) is 0.982. The van der Waals surface area contributed by atoms with Crippen molar-refractivity contribution in [1.29, 1.82) is 0 Å². The lowest BCUT2D eigenvalue weighted by Crippen LogP contribution is -2.70. The number of nitrogens with two attached hydrogens (primary N) is 1. The molecule has 1 heterocycles. The quantitative estimate of drug-likeness (QED) is 0.874. The van der Waals surface area contributed by atoms with Crippen molar-refractivity contribution in [2.75, 3.05) is 18.8 Å². The molecule has 4 nitrogen and oxygen atoms in total. The molecule has 0 unspecified atom stereocenters. The van der Waals surface area contributed by atoms with E-state index in [1.165, 1.54) is 0 Å². The summed E-state index contributed by atoms with van der Waals surface area (Å²) in [5.41, 5.74) is 7.02. The molecule has 1 aliphatic carbocycles. The third-order valence-electron chi connectivity index (χ3n) is 4.22. The number of nitrogens with zero attached hydrogens (tertiary/aromatic N) is 1. The lowest BCUT2D eigenvalue weighted by molar-refractivity contribution is 0.135. The van der Waals surface area contributed by atoms with Crippen molar-refractivity contribution in [3.63, 3.8) is 0 Å². The van der Waals surface area contributed by atoms with Gasteiger partial charge in [-0.15, -0.1) is 0 Å². The molecule has 104 valence electrons. The van der Waals surface area contributed by atoms with Gasteiger partial charge in [-0.3, -0.25) is 0 Å². The van der Waals surface area contributed by atoms with Crippen molar-refractivity contribution < 1.29 is 8.42 Å². The molecule has 19 heavy (non-hydrogen) atoms. The molecule has 0 amide bonds. The molecule has 0 aromatic heterocycles. The van der Waals surface area contributed by atoms with Crippen LogP contribution in [0, 0.1) is 5.92 Å². The summed E-state index contributed by atoms with van der Waals surface area (Å²) >= 11 is 0. The van der Waals surface area contributed by atoms with Crippen LogP contribution in [0.3, 0.4) is 0 Å². The molecule has 0 bridgehead atoms. The first-order valence-corrected chi connectivity index (χ1v) is 8.41. The lowest BCUT2D eigenvalue weighted by atomic mass is 9.88. The van der Waals surface area contributed by atoms with Crippen molar-refractivity contribution in [2.45, 2.75) is 24.8 Å². The maximum absolute atomic E-state index is 12.2. The molecule has 2 N–H and O–H groups in total. The highest BCUT2D eigenvalue weighted by atomic mass is 32.2. The van der Waals surface area contributed by atoms with Gasteiger partial charge in [0.05, 0.1) is 5.75 Å². The predicted molar refractivity (Wildman–Crippen MR) is 75.1 cm³/mol. The van der Waals surface area contributed by atoms with Crippen LogP contribution >= 0.6 is 0 Å². The fourth-order valence-electron chi connectivity index (χ4n) is 2.74. The van der Waals surface area contributed by atoms with Gasteiger partial charge in [-0.1, -0.05) is 30.3 Å². The van der Waals surface area contributed by atoms with Crippen LogP contribution in [0.5, 0.6) is 0 Å². The van der Waals surface area contributed by atoms with Crippen LogP contribution in [0.25, 0.3) is 0 Å². The maximum atomic E-state index is 12.2. The molecular formula is C14H20N2O2S. The number of rotatable bonds is 5. The Morgan fingerprint density at radius 2 is 1.84 bits per heavy atom. The molecule has 1 aromatic carbocycles. The second-order valence-electron chi connectivity index (χ2n) is 5.83. The summed E-state index contributed by atoms with van der Waals surface area (Å²) in [5, 5.41) is 0. The number of benzene rings is 1. The van der Waals surface area contributed by atoms with E-state index in [9.17, 15) is 8.42 Å². The zero-order chi connectivity index (χ0) is 13.5. The Balaban J connectivity index is 1.56. The monoisotopic (exact) mass is 280 g/mol. The van der Waals surface area contributed by atoms with E-state index in [1.807, 2.05) is 30.3 Å². The largest absolute Gasteiger partial charge is 0.323 e. The summed E-state index contributed by atoms with van der Waals surface area (Å²) in [5.74, 6) is 0.727. The fourth-order valence-corrected chi connectivity index (χ4v) is 4.37. The fraction of sp³-hybridized carbons (Fsp3) is 0.571. The summed E-state index contributed by atoms with van der Waals surface area (Å²) in [6.07, 6.45) is 2.89. The SMILES string of the molecule is NC1(C2CC2)CN(S(=O)(=O)CCc2ccccc2)C1. The smallest absolute Gasteiger partial charge is 0.214 e. The standard InChI is InChI=1S/C14H20N2O2S/c15-14(13-6-7-13)10-16(11-14)19(17,18)9-8-12-4-2-1-3-5-12/h1-5,13H,6-11,15H2. The first-order valence-electron chi connectivity index (χ1n) is 6.80. The van der Waals surface area contributed by atoms with E-state index in [2.05, 4.69) is 0 Å². The Morgan fingerprint density at radius 1 is 1.21 bits per heavy atom. The van der Waals surface area contributed by atoms with Crippen LogP contribution in [-0.4, -0.2) is 37.1 Å². The molecule has 0 radical (unpaired) electrons. The topological polar surface area (TPSA) is 63.4 Å². The van der Waals surface area contributed by atoms with Crippen molar-refractivity contribution in [2.24, 2.45) is 11.7 Å². The average molecular weight is 280 g/mol. The maximum Gasteiger partial charge on any atom is 0.214 e. The van der Waals surface area contributed by atoms with E-state index in [1.54, 1.807) is 4.31 Å². The molecule has 0 spiro atoms. The molecule has 1 aromatic rings. The molecule has 5 heteroatoms. The zero-order valence-corrected chi connectivity index (χ0v) is 11.8. The number of sulfonamides is 1. The van der Waals surface area contributed by atoms with E-state index in [-0.39, 0.29) is 11.3 Å². The summed E-state index contributed by atoms with van der Waals surface area (Å²) in [4.78, 5) is 0. The van der Waals surface area contributed by atoms with Crippen molar-refractivity contribution >= 4 is 10.0 Å². The van der Waals surface area contributed by atoms with Gasteiger partial charge >= 0.3 is 0 Å². The molecule has 0 atom stereocenters. The molecular weight excluding hydrogens is 260 g/mol. The van der Waals surface area contributed by atoms with E-state index in [4.69, 9.17) is 5.73 Å². The summed E-state index contributed by atoms with van der Waals surface area (Å²) in [6.45, 7) is 1.02. The first-order chi connectivity index (χ1) is 9.00. The van der Waals surface area contributed by atoms with Crippen LogP contribution in [0.1, 0.15) is 18.4 Å². The van der Waals surface area contributed by atoms with Gasteiger partial charge in [0, 0.05) is 18.6 Å². The van der Waals surface area contributed by atoms with Gasteiger partial charge in [-0.25, -0.2) is 8.42 Å². The van der Waals surface area contributed by atoms with Crippen molar-refractivity contribution in [3.05, 3.63) is 35.9 Å². The molecule has 3 rings (SSSR count). The summed E-state index contributed by atoms with van der Waals surface area (Å²) < 4.78 is 25.9. The van der Waals surface area contributed by atoms with Crippen LogP contribution < -0.4 is 5.73 Å². The van der Waals surface area contributed by atoms with Crippen molar-refractivity contribution in [1.82, 2.24) is 4.31 Å². The lowest BCUT2D eigenvalue weighted by Gasteiger charge is -2.47. The highest BCUT2D eigenvalue weighted by Gasteiger charge is 2.53. The van der Waals surface area contributed by atoms with Gasteiger partial charge in [0.25, 0.3) is 0 Å². The molecule has 1 saturated heterocycles. The van der Waals surface area contributed by atoms with Crippen LogP contribution in [0.2, 0.25) is 0 Å². The van der Waals surface area contributed by atoms with Crippen LogP contribution in [-0.2, 0) is 16.4 Å². The van der Waals surface area contributed by atoms with Gasteiger partial charge in [-0.2, -0.15) is 4.31 Å². The highest BCUT2D eigenvalue weighted by molar-refractivity contribution is 7.89. The second kappa shape index (κ2) is 4.58. The Kier molecular flexibility index (Phi) is 3.15. The highest BCUT2D eigenvalue weighted by Crippen LogP contribution is 2.43. The molecule has 1 aliphatic heterocycles. The number of hydrogen-bond donors (Lipinski definition) is 1. The van der Waals surface area contributed by atoms with Gasteiger partial charge in [-0.05, 0) is 30.7 Å². The minimum atomic E-state index is -3.15. The van der Waals surface area contributed by atoms with E-state index in [0.717, 1.165) is 18.4 Å². The Bertz CT molecular complexity index is 546. The Morgan fingerprint density at radius 3 is 2.42 bits per heavy atom. The van der Waals surface area contributed by atoms with Gasteiger partial charge in [0.2, 0.25) is 10.0 Å². The second-order valence-corrected chi connectivity index (χ2v) is 7.92. The minimum absolute atomic E-state index is 0.178. The van der Waals surface area contributed by atoms with Gasteiger partial charge in [0.15, 0.2) is 0 Å². The third kappa shape index (κ3) is 2.68. The first kappa shape index (κ1) is 13.1. The zero-order valence-electron chi connectivity index (χ0n) is 11.0. The molecule has 2 fully saturated rings. The molecule has 2 aliphatic rings. The summed E-state index contributed by atoms with van der Waals surface area (Å²) in [7, 11) is -3.15.